The van der Waals surface area contributed by atoms with Gasteiger partial charge in [-0.1, -0.05) is 0 Å². The van der Waals surface area contributed by atoms with E-state index in [1.807, 2.05) is 12.1 Å². The molecule has 0 radical (unpaired) electrons. The first-order valence-corrected chi connectivity index (χ1v) is 6.54. The van der Waals surface area contributed by atoms with Gasteiger partial charge in [0.1, 0.15) is 11.8 Å². The molecule has 4 nitrogen and oxygen atoms in total. The quantitative estimate of drug-likeness (QED) is 0.819. The van der Waals surface area contributed by atoms with E-state index >= 15 is 0 Å². The van der Waals surface area contributed by atoms with E-state index in [9.17, 15) is 0 Å². The Kier molecular flexibility index (Phi) is 4.28. The van der Waals surface area contributed by atoms with Gasteiger partial charge in [0.05, 0.1) is 18.4 Å². The summed E-state index contributed by atoms with van der Waals surface area (Å²) in [6.45, 7) is 1.68. The number of nitriles is 1. The highest BCUT2D eigenvalue weighted by atomic mass is 16.5. The lowest BCUT2D eigenvalue weighted by molar-refractivity contribution is 0.175. The Labute approximate surface area is 114 Å². The van der Waals surface area contributed by atoms with Crippen molar-refractivity contribution in [3.05, 3.63) is 23.8 Å². The second kappa shape index (κ2) is 5.94. The Morgan fingerprint density at radius 1 is 1.37 bits per heavy atom. The molecule has 0 atom stereocenters. The van der Waals surface area contributed by atoms with E-state index < -0.39 is 0 Å². The third-order valence-corrected chi connectivity index (χ3v) is 3.79. The Morgan fingerprint density at radius 2 is 2.16 bits per heavy atom. The minimum Gasteiger partial charge on any atom is -0.497 e. The maximum Gasteiger partial charge on any atom is 0.121 e. The van der Waals surface area contributed by atoms with Gasteiger partial charge in [-0.05, 0) is 36.8 Å². The summed E-state index contributed by atoms with van der Waals surface area (Å²) < 4.78 is 10.3. The minimum absolute atomic E-state index is 0.353. The second-order valence-electron chi connectivity index (χ2n) is 5.12. The van der Waals surface area contributed by atoms with Gasteiger partial charge in [0.15, 0.2) is 0 Å². The highest BCUT2D eigenvalue weighted by molar-refractivity contribution is 5.60. The van der Waals surface area contributed by atoms with Gasteiger partial charge in [0.2, 0.25) is 0 Å². The summed E-state index contributed by atoms with van der Waals surface area (Å²) in [5.41, 5.74) is 1.86. The highest BCUT2D eigenvalue weighted by Crippen LogP contribution is 2.48. The molecule has 0 saturated heterocycles. The smallest absolute Gasteiger partial charge is 0.121 e. The Hall–Kier alpha value is -1.73. The molecule has 19 heavy (non-hydrogen) atoms. The number of nitrogens with one attached hydrogen (secondary N) is 1. The van der Waals surface area contributed by atoms with Gasteiger partial charge in [-0.2, -0.15) is 5.26 Å². The van der Waals surface area contributed by atoms with Crippen molar-refractivity contribution in [3.63, 3.8) is 0 Å². The van der Waals surface area contributed by atoms with Crippen molar-refractivity contribution in [2.45, 2.75) is 19.3 Å². The van der Waals surface area contributed by atoms with Gasteiger partial charge in [-0.25, -0.2) is 0 Å². The van der Waals surface area contributed by atoms with Crippen LogP contribution in [-0.2, 0) is 4.74 Å². The van der Waals surface area contributed by atoms with Crippen LogP contribution in [0.4, 0.5) is 5.69 Å². The van der Waals surface area contributed by atoms with Crippen LogP contribution < -0.4 is 10.1 Å². The first kappa shape index (κ1) is 13.7. The molecule has 0 amide bonds. The molecule has 1 saturated carbocycles. The van der Waals surface area contributed by atoms with Crippen molar-refractivity contribution in [2.75, 3.05) is 32.7 Å². The summed E-state index contributed by atoms with van der Waals surface area (Å²) in [7, 11) is 3.37. The van der Waals surface area contributed by atoms with Crippen molar-refractivity contribution in [1.29, 1.82) is 5.26 Å². The van der Waals surface area contributed by atoms with Crippen molar-refractivity contribution in [2.24, 2.45) is 5.41 Å². The summed E-state index contributed by atoms with van der Waals surface area (Å²) in [5.74, 6) is 0.767. The Balaban J connectivity index is 2.01. The largest absolute Gasteiger partial charge is 0.497 e. The standard InChI is InChI=1S/C15H20N2O2/c1-18-8-7-15(5-6-15)11-17-14-9-13(19-2)4-3-12(14)10-16/h3-4,9,17H,5-8,11H2,1-2H3. The van der Waals surface area contributed by atoms with E-state index in [0.717, 1.165) is 31.0 Å². The van der Waals surface area contributed by atoms with E-state index in [1.54, 1.807) is 20.3 Å². The number of rotatable bonds is 7. The predicted molar refractivity (Wildman–Crippen MR) is 74.4 cm³/mol. The van der Waals surface area contributed by atoms with Crippen LogP contribution in [0.3, 0.4) is 0 Å². The zero-order valence-corrected chi connectivity index (χ0v) is 11.5. The van der Waals surface area contributed by atoms with E-state index in [-0.39, 0.29) is 0 Å². The predicted octanol–water partition coefficient (Wildman–Crippen LogP) is 2.80. The maximum atomic E-state index is 9.12. The number of ether oxygens (including phenoxy) is 2. The first-order valence-electron chi connectivity index (χ1n) is 6.54. The molecule has 1 aliphatic carbocycles. The molecule has 0 bridgehead atoms. The highest BCUT2D eigenvalue weighted by Gasteiger charge is 2.41. The fraction of sp³-hybridized carbons (Fsp3) is 0.533. The van der Waals surface area contributed by atoms with Gasteiger partial charge in [0.25, 0.3) is 0 Å². The SMILES string of the molecule is COCCC1(CNc2cc(OC)ccc2C#N)CC1. The van der Waals surface area contributed by atoms with Crippen LogP contribution in [0.25, 0.3) is 0 Å². The number of nitrogens with zero attached hydrogens (tertiary/aromatic N) is 1. The Bertz CT molecular complexity index is 476. The lowest BCUT2D eigenvalue weighted by Gasteiger charge is -2.17. The fourth-order valence-corrected chi connectivity index (χ4v) is 2.19. The van der Waals surface area contributed by atoms with E-state index in [2.05, 4.69) is 11.4 Å². The van der Waals surface area contributed by atoms with Crippen LogP contribution in [-0.4, -0.2) is 27.4 Å². The van der Waals surface area contributed by atoms with Crippen LogP contribution in [0, 0.1) is 16.7 Å². The number of methoxy groups -OCH3 is 2. The first-order chi connectivity index (χ1) is 9.23. The number of benzene rings is 1. The third-order valence-electron chi connectivity index (χ3n) is 3.79. The number of anilines is 1. The summed E-state index contributed by atoms with van der Waals surface area (Å²) in [6.07, 6.45) is 3.53. The van der Waals surface area contributed by atoms with Crippen molar-refractivity contribution in [3.8, 4) is 11.8 Å². The molecule has 1 fully saturated rings. The molecule has 2 rings (SSSR count). The summed E-state index contributed by atoms with van der Waals surface area (Å²) in [6, 6.07) is 7.68. The lowest BCUT2D eigenvalue weighted by atomic mass is 10.0. The molecule has 0 heterocycles. The number of hydrogen-bond acceptors (Lipinski definition) is 4. The zero-order chi connectivity index (χ0) is 13.7. The van der Waals surface area contributed by atoms with E-state index in [4.69, 9.17) is 14.7 Å². The molecule has 4 heteroatoms. The van der Waals surface area contributed by atoms with E-state index in [0.29, 0.717) is 11.0 Å². The molecular weight excluding hydrogens is 240 g/mol. The lowest BCUT2D eigenvalue weighted by Crippen LogP contribution is -2.17. The van der Waals surface area contributed by atoms with Crippen LogP contribution in [0.15, 0.2) is 18.2 Å². The summed E-state index contributed by atoms with van der Waals surface area (Å²) >= 11 is 0. The molecule has 1 N–H and O–H groups in total. The van der Waals surface area contributed by atoms with Crippen molar-refractivity contribution in [1.82, 2.24) is 0 Å². The monoisotopic (exact) mass is 260 g/mol. The molecule has 0 aliphatic heterocycles. The Morgan fingerprint density at radius 3 is 2.74 bits per heavy atom. The molecule has 0 unspecified atom stereocenters. The van der Waals surface area contributed by atoms with Crippen LogP contribution >= 0.6 is 0 Å². The number of hydrogen-bond donors (Lipinski definition) is 1. The average Bonchev–Trinajstić information content (AvgIpc) is 3.23. The molecular formula is C15H20N2O2. The second-order valence-corrected chi connectivity index (χ2v) is 5.12. The zero-order valence-electron chi connectivity index (χ0n) is 11.5. The average molecular weight is 260 g/mol. The molecule has 102 valence electrons. The van der Waals surface area contributed by atoms with E-state index in [1.165, 1.54) is 12.8 Å². The topological polar surface area (TPSA) is 54.3 Å². The van der Waals surface area contributed by atoms with Gasteiger partial charge in [0, 0.05) is 26.3 Å². The normalized spacial score (nSPS) is 15.6. The maximum absolute atomic E-state index is 9.12. The van der Waals surface area contributed by atoms with Crippen molar-refractivity contribution >= 4 is 5.69 Å². The third kappa shape index (κ3) is 3.39. The van der Waals surface area contributed by atoms with Crippen LogP contribution in [0.5, 0.6) is 5.75 Å². The van der Waals surface area contributed by atoms with Gasteiger partial charge in [-0.3, -0.25) is 0 Å². The van der Waals surface area contributed by atoms with Gasteiger partial charge >= 0.3 is 0 Å². The van der Waals surface area contributed by atoms with Crippen LogP contribution in [0.2, 0.25) is 0 Å². The fourth-order valence-electron chi connectivity index (χ4n) is 2.19. The molecule has 0 spiro atoms. The molecule has 1 aliphatic rings. The molecule has 1 aromatic carbocycles. The van der Waals surface area contributed by atoms with Crippen LogP contribution in [0.1, 0.15) is 24.8 Å². The molecule has 0 aromatic heterocycles. The summed E-state index contributed by atoms with van der Waals surface area (Å²) in [5, 5.41) is 12.5. The molecule has 1 aromatic rings. The summed E-state index contributed by atoms with van der Waals surface area (Å²) in [4.78, 5) is 0. The minimum atomic E-state index is 0.353. The van der Waals surface area contributed by atoms with Gasteiger partial charge in [-0.15, -0.1) is 0 Å². The van der Waals surface area contributed by atoms with Crippen molar-refractivity contribution < 1.29 is 9.47 Å². The van der Waals surface area contributed by atoms with Gasteiger partial charge < -0.3 is 14.8 Å².